The molecule has 0 unspecified atom stereocenters. The molecule has 1 fully saturated rings. The van der Waals surface area contributed by atoms with Gasteiger partial charge in [-0.3, -0.25) is 0 Å². The summed E-state index contributed by atoms with van der Waals surface area (Å²) in [5.41, 5.74) is 0.0925. The van der Waals surface area contributed by atoms with Crippen LogP contribution < -0.4 is 5.32 Å². The molecule has 0 radical (unpaired) electrons. The molecule has 0 atom stereocenters. The third-order valence-electron chi connectivity index (χ3n) is 3.57. The maximum absolute atomic E-state index is 5.83. The standard InChI is InChI=1S/C12H18ClNO/c1-12(2,9-5-7-14-8-6-9)10-3-4-11(13)15-10/h3-4,9,14H,5-8H2,1-2H3. The summed E-state index contributed by atoms with van der Waals surface area (Å²) in [6.45, 7) is 6.72. The normalized spacial score (nSPS) is 19.4. The zero-order valence-corrected chi connectivity index (χ0v) is 10.1. The fourth-order valence-corrected chi connectivity index (χ4v) is 2.55. The summed E-state index contributed by atoms with van der Waals surface area (Å²) in [5.74, 6) is 1.69. The molecule has 1 N–H and O–H groups in total. The average molecular weight is 228 g/mol. The van der Waals surface area contributed by atoms with Crippen molar-refractivity contribution < 1.29 is 4.42 Å². The lowest BCUT2D eigenvalue weighted by atomic mass is 9.72. The van der Waals surface area contributed by atoms with Crippen LogP contribution >= 0.6 is 11.6 Å². The first kappa shape index (κ1) is 11.0. The van der Waals surface area contributed by atoms with E-state index in [0.717, 1.165) is 18.8 Å². The first-order valence-corrected chi connectivity index (χ1v) is 5.95. The molecule has 1 aromatic heterocycles. The lowest BCUT2D eigenvalue weighted by molar-refractivity contribution is 0.214. The van der Waals surface area contributed by atoms with Gasteiger partial charge in [0.15, 0.2) is 5.22 Å². The molecule has 0 spiro atoms. The summed E-state index contributed by atoms with van der Waals surface area (Å²) in [6, 6.07) is 3.84. The van der Waals surface area contributed by atoms with Crippen molar-refractivity contribution in [2.75, 3.05) is 13.1 Å². The van der Waals surface area contributed by atoms with Crippen molar-refractivity contribution in [1.82, 2.24) is 5.32 Å². The van der Waals surface area contributed by atoms with Crippen molar-refractivity contribution in [2.24, 2.45) is 5.92 Å². The topological polar surface area (TPSA) is 25.2 Å². The van der Waals surface area contributed by atoms with Crippen LogP contribution in [0.1, 0.15) is 32.4 Å². The van der Waals surface area contributed by atoms with E-state index in [2.05, 4.69) is 19.2 Å². The van der Waals surface area contributed by atoms with Gasteiger partial charge in [0.1, 0.15) is 5.76 Å². The molecule has 1 aromatic rings. The Morgan fingerprint density at radius 3 is 2.53 bits per heavy atom. The summed E-state index contributed by atoms with van der Waals surface area (Å²) < 4.78 is 5.55. The van der Waals surface area contributed by atoms with Crippen LogP contribution in [0, 0.1) is 5.92 Å². The van der Waals surface area contributed by atoms with Crippen LogP contribution in [-0.2, 0) is 5.41 Å². The predicted molar refractivity (Wildman–Crippen MR) is 62.3 cm³/mol. The molecule has 0 aliphatic carbocycles. The van der Waals surface area contributed by atoms with E-state index in [1.165, 1.54) is 12.8 Å². The zero-order chi connectivity index (χ0) is 10.9. The van der Waals surface area contributed by atoms with Crippen molar-refractivity contribution in [3.05, 3.63) is 23.1 Å². The molecule has 0 saturated carbocycles. The van der Waals surface area contributed by atoms with Crippen LogP contribution in [0.2, 0.25) is 5.22 Å². The third-order valence-corrected chi connectivity index (χ3v) is 3.77. The Morgan fingerprint density at radius 2 is 2.00 bits per heavy atom. The highest BCUT2D eigenvalue weighted by Crippen LogP contribution is 2.38. The molecule has 2 rings (SSSR count). The second-order valence-electron chi connectivity index (χ2n) is 4.85. The van der Waals surface area contributed by atoms with E-state index in [1.54, 1.807) is 0 Å². The number of hydrogen-bond acceptors (Lipinski definition) is 2. The molecule has 0 bridgehead atoms. The smallest absolute Gasteiger partial charge is 0.193 e. The molecule has 2 heterocycles. The Morgan fingerprint density at radius 1 is 1.33 bits per heavy atom. The summed E-state index contributed by atoms with van der Waals surface area (Å²) in [6.07, 6.45) is 2.43. The molecular weight excluding hydrogens is 210 g/mol. The number of nitrogens with one attached hydrogen (secondary N) is 1. The Labute approximate surface area is 96.0 Å². The second-order valence-corrected chi connectivity index (χ2v) is 5.22. The van der Waals surface area contributed by atoms with Crippen LogP contribution in [-0.4, -0.2) is 13.1 Å². The van der Waals surface area contributed by atoms with Crippen molar-refractivity contribution in [3.63, 3.8) is 0 Å². The van der Waals surface area contributed by atoms with E-state index in [9.17, 15) is 0 Å². The van der Waals surface area contributed by atoms with Crippen LogP contribution in [0.3, 0.4) is 0 Å². The monoisotopic (exact) mass is 227 g/mol. The van der Waals surface area contributed by atoms with E-state index in [4.69, 9.17) is 16.0 Å². The quantitative estimate of drug-likeness (QED) is 0.840. The Hall–Kier alpha value is -0.470. The highest BCUT2D eigenvalue weighted by Gasteiger charge is 2.34. The minimum Gasteiger partial charge on any atom is -0.449 e. The molecule has 1 saturated heterocycles. The van der Waals surface area contributed by atoms with E-state index < -0.39 is 0 Å². The predicted octanol–water partition coefficient (Wildman–Crippen LogP) is 3.21. The van der Waals surface area contributed by atoms with E-state index in [0.29, 0.717) is 11.1 Å². The third kappa shape index (κ3) is 2.21. The number of piperidine rings is 1. The van der Waals surface area contributed by atoms with Crippen LogP contribution in [0.25, 0.3) is 0 Å². The van der Waals surface area contributed by atoms with Crippen LogP contribution in [0.5, 0.6) is 0 Å². The van der Waals surface area contributed by atoms with Crippen molar-refractivity contribution in [2.45, 2.75) is 32.1 Å². The molecule has 3 heteroatoms. The number of halogens is 1. The van der Waals surface area contributed by atoms with Gasteiger partial charge in [-0.25, -0.2) is 0 Å². The van der Waals surface area contributed by atoms with Crippen molar-refractivity contribution >= 4 is 11.6 Å². The number of hydrogen-bond donors (Lipinski definition) is 1. The minimum atomic E-state index is 0.0925. The van der Waals surface area contributed by atoms with Gasteiger partial charge >= 0.3 is 0 Å². The average Bonchev–Trinajstić information content (AvgIpc) is 2.67. The molecule has 1 aliphatic rings. The van der Waals surface area contributed by atoms with Gasteiger partial charge in [0.25, 0.3) is 0 Å². The van der Waals surface area contributed by atoms with Gasteiger partial charge in [0.05, 0.1) is 0 Å². The van der Waals surface area contributed by atoms with Gasteiger partial charge in [-0.05, 0) is 55.6 Å². The largest absolute Gasteiger partial charge is 0.449 e. The Kier molecular flexibility index (Phi) is 3.08. The zero-order valence-electron chi connectivity index (χ0n) is 9.35. The van der Waals surface area contributed by atoms with Gasteiger partial charge in [-0.2, -0.15) is 0 Å². The summed E-state index contributed by atoms with van der Waals surface area (Å²) in [7, 11) is 0. The SMILES string of the molecule is CC(C)(c1ccc(Cl)o1)C1CCNCC1. The molecule has 84 valence electrons. The molecule has 15 heavy (non-hydrogen) atoms. The van der Waals surface area contributed by atoms with E-state index in [-0.39, 0.29) is 5.41 Å². The highest BCUT2D eigenvalue weighted by molar-refractivity contribution is 6.28. The van der Waals surface area contributed by atoms with Gasteiger partial charge in [-0.1, -0.05) is 13.8 Å². The fraction of sp³-hybridized carbons (Fsp3) is 0.667. The first-order valence-electron chi connectivity index (χ1n) is 5.57. The maximum Gasteiger partial charge on any atom is 0.193 e. The van der Waals surface area contributed by atoms with Gasteiger partial charge < -0.3 is 9.73 Å². The van der Waals surface area contributed by atoms with Gasteiger partial charge in [-0.15, -0.1) is 0 Å². The molecule has 0 amide bonds. The summed E-state index contributed by atoms with van der Waals surface area (Å²) >= 11 is 5.83. The maximum atomic E-state index is 5.83. The van der Waals surface area contributed by atoms with Gasteiger partial charge in [0.2, 0.25) is 0 Å². The Bertz CT molecular complexity index is 326. The molecular formula is C12H18ClNO. The number of rotatable bonds is 2. The highest BCUT2D eigenvalue weighted by atomic mass is 35.5. The molecule has 1 aliphatic heterocycles. The van der Waals surface area contributed by atoms with Crippen LogP contribution in [0.4, 0.5) is 0 Å². The molecule has 0 aromatic carbocycles. The fourth-order valence-electron chi connectivity index (χ4n) is 2.41. The second kappa shape index (κ2) is 4.18. The van der Waals surface area contributed by atoms with Gasteiger partial charge in [0, 0.05) is 5.41 Å². The molecule has 2 nitrogen and oxygen atoms in total. The lowest BCUT2D eigenvalue weighted by Crippen LogP contribution is -2.37. The van der Waals surface area contributed by atoms with E-state index in [1.807, 2.05) is 12.1 Å². The minimum absolute atomic E-state index is 0.0925. The van der Waals surface area contributed by atoms with Crippen LogP contribution in [0.15, 0.2) is 16.5 Å². The summed E-state index contributed by atoms with van der Waals surface area (Å²) in [4.78, 5) is 0. The lowest BCUT2D eigenvalue weighted by Gasteiger charge is -2.35. The first-order chi connectivity index (χ1) is 7.10. The van der Waals surface area contributed by atoms with Crippen molar-refractivity contribution in [1.29, 1.82) is 0 Å². The van der Waals surface area contributed by atoms with Crippen molar-refractivity contribution in [3.8, 4) is 0 Å². The van der Waals surface area contributed by atoms with E-state index >= 15 is 0 Å². The summed E-state index contributed by atoms with van der Waals surface area (Å²) in [5, 5.41) is 3.88. The Balaban J connectivity index is 2.17. The number of furan rings is 1.